The molecule has 2 nitrogen and oxygen atoms in total. The van der Waals surface area contributed by atoms with E-state index in [2.05, 4.69) is 107 Å². The van der Waals surface area contributed by atoms with Crippen LogP contribution in [0.25, 0.3) is 56.3 Å². The van der Waals surface area contributed by atoms with Crippen LogP contribution >= 0.6 is 27.5 Å². The van der Waals surface area contributed by atoms with Crippen LogP contribution in [0.15, 0.2) is 112 Å². The van der Waals surface area contributed by atoms with Gasteiger partial charge in [0.15, 0.2) is 0 Å². The largest absolute Gasteiger partial charge is 0.495 e. The molecule has 5 aromatic carbocycles. The Morgan fingerprint density at radius 2 is 1.49 bits per heavy atom. The van der Waals surface area contributed by atoms with Gasteiger partial charge in [0.05, 0.1) is 12.1 Å². The molecule has 0 spiro atoms. The lowest BCUT2D eigenvalue weighted by Gasteiger charge is -2.07. The highest BCUT2D eigenvalue weighted by molar-refractivity contribution is 9.10. The Hall–Kier alpha value is -3.79. The Morgan fingerprint density at radius 3 is 2.27 bits per heavy atom. The van der Waals surface area contributed by atoms with Gasteiger partial charge in [0.25, 0.3) is 0 Å². The van der Waals surface area contributed by atoms with E-state index < -0.39 is 0 Å². The first-order chi connectivity index (χ1) is 18.1. The Morgan fingerprint density at radius 1 is 0.730 bits per heavy atom. The van der Waals surface area contributed by atoms with Gasteiger partial charge in [-0.05, 0) is 69.4 Å². The van der Waals surface area contributed by atoms with Crippen molar-refractivity contribution in [2.45, 2.75) is 0 Å². The minimum absolute atomic E-state index is 0.606. The third-order valence-electron chi connectivity index (χ3n) is 6.55. The number of furan rings is 1. The van der Waals surface area contributed by atoms with E-state index in [0.29, 0.717) is 10.8 Å². The van der Waals surface area contributed by atoms with Crippen molar-refractivity contribution in [2.24, 2.45) is 0 Å². The van der Waals surface area contributed by atoms with Gasteiger partial charge in [0.1, 0.15) is 17.1 Å². The van der Waals surface area contributed by atoms with Crippen LogP contribution in [0.2, 0.25) is 5.02 Å². The van der Waals surface area contributed by atoms with Crippen LogP contribution in [0.1, 0.15) is 11.1 Å². The van der Waals surface area contributed by atoms with Crippen LogP contribution in [0.3, 0.4) is 0 Å². The molecular formula is C33H22BrClO2. The topological polar surface area (TPSA) is 22.4 Å². The molecule has 0 fully saturated rings. The Kier molecular flexibility index (Phi) is 6.33. The molecule has 0 bridgehead atoms. The van der Waals surface area contributed by atoms with Crippen LogP contribution in [0.4, 0.5) is 0 Å². The SMILES string of the molecule is COc1ccc(-c2ccc(/C=C/c3ccc(-c4cc5c(ccc6ccccc65)o4)c(Br)c3)cc2)cc1Cl. The van der Waals surface area contributed by atoms with E-state index in [1.54, 1.807) is 7.11 Å². The van der Waals surface area contributed by atoms with E-state index in [9.17, 15) is 0 Å². The number of benzene rings is 5. The molecule has 1 heterocycles. The maximum atomic E-state index is 6.29. The minimum Gasteiger partial charge on any atom is -0.495 e. The summed E-state index contributed by atoms with van der Waals surface area (Å²) in [6, 6.07) is 35.2. The molecule has 0 radical (unpaired) electrons. The number of fused-ring (bicyclic) bond motifs is 3. The lowest BCUT2D eigenvalue weighted by Crippen LogP contribution is -1.85. The average molecular weight is 566 g/mol. The highest BCUT2D eigenvalue weighted by Crippen LogP contribution is 2.36. The summed E-state index contributed by atoms with van der Waals surface area (Å²) in [5, 5.41) is 4.15. The van der Waals surface area contributed by atoms with Crippen LogP contribution in [0, 0.1) is 0 Å². The number of rotatable bonds is 5. The van der Waals surface area contributed by atoms with Gasteiger partial charge < -0.3 is 9.15 Å². The molecule has 37 heavy (non-hydrogen) atoms. The predicted molar refractivity (Wildman–Crippen MR) is 159 cm³/mol. The Labute approximate surface area is 228 Å². The first kappa shape index (κ1) is 23.6. The molecule has 0 saturated carbocycles. The van der Waals surface area contributed by atoms with E-state index in [1.165, 1.54) is 10.8 Å². The molecule has 0 unspecified atom stereocenters. The molecule has 0 saturated heterocycles. The number of ether oxygens (including phenoxy) is 1. The molecule has 1 aromatic heterocycles. The first-order valence-electron chi connectivity index (χ1n) is 11.9. The van der Waals surface area contributed by atoms with Crippen molar-refractivity contribution < 1.29 is 9.15 Å². The van der Waals surface area contributed by atoms with Crippen molar-refractivity contribution in [1.29, 1.82) is 0 Å². The summed E-state index contributed by atoms with van der Waals surface area (Å²) in [6.07, 6.45) is 4.22. The molecule has 0 N–H and O–H groups in total. The van der Waals surface area contributed by atoms with Crippen molar-refractivity contribution in [1.82, 2.24) is 0 Å². The van der Waals surface area contributed by atoms with Gasteiger partial charge in [0, 0.05) is 15.4 Å². The molecule has 6 aromatic rings. The fourth-order valence-electron chi connectivity index (χ4n) is 4.59. The van der Waals surface area contributed by atoms with Crippen LogP contribution in [0.5, 0.6) is 5.75 Å². The molecule has 0 amide bonds. The molecule has 0 atom stereocenters. The van der Waals surface area contributed by atoms with E-state index in [1.807, 2.05) is 24.3 Å². The van der Waals surface area contributed by atoms with E-state index in [-0.39, 0.29) is 0 Å². The molecule has 180 valence electrons. The van der Waals surface area contributed by atoms with Gasteiger partial charge in [-0.3, -0.25) is 0 Å². The Bertz CT molecular complexity index is 1780. The van der Waals surface area contributed by atoms with Crippen molar-refractivity contribution in [2.75, 3.05) is 7.11 Å². The molecule has 0 aliphatic rings. The average Bonchev–Trinajstić information content (AvgIpc) is 3.37. The maximum Gasteiger partial charge on any atom is 0.137 e. The fraction of sp³-hybridized carbons (Fsp3) is 0.0303. The van der Waals surface area contributed by atoms with Gasteiger partial charge in [-0.15, -0.1) is 0 Å². The monoisotopic (exact) mass is 564 g/mol. The predicted octanol–water partition coefficient (Wildman–Crippen LogP) is 10.5. The highest BCUT2D eigenvalue weighted by atomic mass is 79.9. The zero-order valence-corrected chi connectivity index (χ0v) is 22.4. The smallest absolute Gasteiger partial charge is 0.137 e. The molecule has 0 aliphatic carbocycles. The summed E-state index contributed by atoms with van der Waals surface area (Å²) in [5.41, 5.74) is 6.30. The van der Waals surface area contributed by atoms with Gasteiger partial charge in [-0.25, -0.2) is 0 Å². The number of methoxy groups -OCH3 is 1. The summed E-state index contributed by atoms with van der Waals surface area (Å²) in [7, 11) is 1.62. The molecular weight excluding hydrogens is 544 g/mol. The second-order valence-electron chi connectivity index (χ2n) is 8.85. The normalized spacial score (nSPS) is 11.5. The first-order valence-corrected chi connectivity index (χ1v) is 13.1. The maximum absolute atomic E-state index is 6.29. The zero-order valence-electron chi connectivity index (χ0n) is 20.0. The van der Waals surface area contributed by atoms with Crippen molar-refractivity contribution in [3.05, 3.63) is 124 Å². The van der Waals surface area contributed by atoms with Crippen molar-refractivity contribution in [3.8, 4) is 28.2 Å². The van der Waals surface area contributed by atoms with Gasteiger partial charge in [0.2, 0.25) is 0 Å². The summed E-state index contributed by atoms with van der Waals surface area (Å²) in [4.78, 5) is 0. The highest BCUT2D eigenvalue weighted by Gasteiger charge is 2.12. The summed E-state index contributed by atoms with van der Waals surface area (Å²) >= 11 is 10.0. The van der Waals surface area contributed by atoms with E-state index in [0.717, 1.165) is 49.0 Å². The molecule has 6 rings (SSSR count). The number of hydrogen-bond acceptors (Lipinski definition) is 2. The number of halogens is 2. The summed E-state index contributed by atoms with van der Waals surface area (Å²) in [6.45, 7) is 0. The second kappa shape index (κ2) is 9.93. The standard InChI is InChI=1S/C33H22BrClO2/c1-36-32-17-14-25(19-30(32)35)23-11-8-21(9-12-23)6-7-22-10-15-27(29(34)18-22)33-20-28-26-5-3-2-4-24(26)13-16-31(28)37-33/h2-20H,1H3/b7-6+. The van der Waals surface area contributed by atoms with Crippen LogP contribution in [-0.4, -0.2) is 7.11 Å². The van der Waals surface area contributed by atoms with E-state index >= 15 is 0 Å². The molecule has 4 heteroatoms. The lowest BCUT2D eigenvalue weighted by molar-refractivity contribution is 0.415. The van der Waals surface area contributed by atoms with Gasteiger partial charge in [-0.2, -0.15) is 0 Å². The second-order valence-corrected chi connectivity index (χ2v) is 10.1. The van der Waals surface area contributed by atoms with E-state index in [4.69, 9.17) is 20.8 Å². The number of hydrogen-bond donors (Lipinski definition) is 0. The molecule has 0 aliphatic heterocycles. The Balaban J connectivity index is 1.23. The minimum atomic E-state index is 0.606. The summed E-state index contributed by atoms with van der Waals surface area (Å²) < 4.78 is 12.5. The lowest BCUT2D eigenvalue weighted by atomic mass is 10.0. The fourth-order valence-corrected chi connectivity index (χ4v) is 5.43. The van der Waals surface area contributed by atoms with Crippen molar-refractivity contribution in [3.63, 3.8) is 0 Å². The van der Waals surface area contributed by atoms with Crippen molar-refractivity contribution >= 4 is 61.4 Å². The van der Waals surface area contributed by atoms with Crippen LogP contribution in [-0.2, 0) is 0 Å². The van der Waals surface area contributed by atoms with Crippen LogP contribution < -0.4 is 4.74 Å². The quantitative estimate of drug-likeness (QED) is 0.194. The van der Waals surface area contributed by atoms with Gasteiger partial charge in [-0.1, -0.05) is 106 Å². The third-order valence-corrected chi connectivity index (χ3v) is 7.50. The third kappa shape index (κ3) is 4.69. The summed E-state index contributed by atoms with van der Waals surface area (Å²) in [5.74, 6) is 1.53. The van der Waals surface area contributed by atoms with Gasteiger partial charge >= 0.3 is 0 Å². The zero-order chi connectivity index (χ0) is 25.4.